The molecule has 0 amide bonds. The summed E-state index contributed by atoms with van der Waals surface area (Å²) in [5, 5.41) is 33.1. The molecule has 1 heterocycles. The van der Waals surface area contributed by atoms with Crippen LogP contribution in [0.3, 0.4) is 0 Å². The van der Waals surface area contributed by atoms with Crippen molar-refractivity contribution >= 4 is 39.3 Å². The minimum atomic E-state index is -1.82. The predicted octanol–water partition coefficient (Wildman–Crippen LogP) is 7.16. The van der Waals surface area contributed by atoms with Crippen LogP contribution >= 0.6 is 0 Å². The van der Waals surface area contributed by atoms with Crippen molar-refractivity contribution in [1.82, 2.24) is 4.57 Å². The molecule has 4 N–H and O–H groups in total. The third kappa shape index (κ3) is 7.14. The quantitative estimate of drug-likeness (QED) is 0.130. The predicted molar refractivity (Wildman–Crippen MR) is 178 cm³/mol. The fourth-order valence-electron chi connectivity index (χ4n) is 5.44. The zero-order valence-corrected chi connectivity index (χ0v) is 24.8. The van der Waals surface area contributed by atoms with Crippen LogP contribution in [0.4, 0.5) is 5.69 Å². The number of aliphatic hydroxyl groups is 1. The van der Waals surface area contributed by atoms with Gasteiger partial charge in [-0.2, -0.15) is 0 Å². The molecular formula is C37H34N2O6. The average molecular weight is 603 g/mol. The Hall–Kier alpha value is -5.60. The monoisotopic (exact) mass is 602 g/mol. The molecule has 0 bridgehead atoms. The van der Waals surface area contributed by atoms with Crippen molar-refractivity contribution in [1.29, 1.82) is 0 Å². The third-order valence-electron chi connectivity index (χ3n) is 7.34. The lowest BCUT2D eigenvalue weighted by molar-refractivity contribution is -0.159. The van der Waals surface area contributed by atoms with Gasteiger partial charge in [0.2, 0.25) is 0 Å². The van der Waals surface area contributed by atoms with E-state index in [0.29, 0.717) is 19.7 Å². The highest BCUT2D eigenvalue weighted by atomic mass is 16.5. The van der Waals surface area contributed by atoms with E-state index in [1.54, 1.807) is 0 Å². The number of nitrogens with one attached hydrogen (secondary N) is 1. The average Bonchev–Trinajstić information content (AvgIpc) is 3.40. The van der Waals surface area contributed by atoms with E-state index in [1.165, 1.54) is 21.7 Å². The minimum Gasteiger partial charge on any atom is -0.494 e. The van der Waals surface area contributed by atoms with Crippen molar-refractivity contribution in [3.63, 3.8) is 0 Å². The fourth-order valence-corrected chi connectivity index (χ4v) is 5.44. The van der Waals surface area contributed by atoms with Gasteiger partial charge >= 0.3 is 11.9 Å². The fraction of sp³-hybridized carbons (Fsp3) is 0.135. The van der Waals surface area contributed by atoms with E-state index < -0.39 is 18.0 Å². The Labute approximate surface area is 260 Å². The lowest BCUT2D eigenvalue weighted by Crippen LogP contribution is -2.25. The Morgan fingerprint density at radius 2 is 1.33 bits per heavy atom. The van der Waals surface area contributed by atoms with E-state index in [1.807, 2.05) is 37.3 Å². The van der Waals surface area contributed by atoms with Crippen LogP contribution in [-0.2, 0) is 16.1 Å². The number of aliphatic hydroxyl groups excluding tert-OH is 1. The largest absolute Gasteiger partial charge is 0.494 e. The molecule has 0 aliphatic heterocycles. The Balaban J connectivity index is 0.000000609. The molecule has 228 valence electrons. The van der Waals surface area contributed by atoms with E-state index in [9.17, 15) is 5.11 Å². The third-order valence-corrected chi connectivity index (χ3v) is 7.34. The SMILES string of the molecule is CCOc1ccc(NCC(O)Cn2c(-c3ccccc3)c(-c3ccccc3)c3ccc4ccccc4c32)cc1.O=C(O)C(=O)O. The number of carboxylic acids is 2. The number of carboxylic acid groups (broad SMARTS) is 2. The first-order valence-electron chi connectivity index (χ1n) is 14.6. The smallest absolute Gasteiger partial charge is 0.414 e. The van der Waals surface area contributed by atoms with Gasteiger partial charge in [-0.15, -0.1) is 0 Å². The van der Waals surface area contributed by atoms with Crippen LogP contribution in [0, 0.1) is 0 Å². The molecule has 0 saturated heterocycles. The Bertz CT molecular complexity index is 1890. The molecule has 1 atom stereocenters. The molecule has 8 nitrogen and oxygen atoms in total. The number of ether oxygens (including phenoxy) is 1. The van der Waals surface area contributed by atoms with Crippen molar-refractivity contribution in [3.8, 4) is 28.1 Å². The number of carbonyl (C=O) groups is 2. The molecule has 1 unspecified atom stereocenters. The molecule has 5 aromatic carbocycles. The number of fused-ring (bicyclic) bond motifs is 3. The molecule has 0 spiro atoms. The molecule has 0 radical (unpaired) electrons. The Kier molecular flexibility index (Phi) is 9.77. The summed E-state index contributed by atoms with van der Waals surface area (Å²) in [4.78, 5) is 18.2. The van der Waals surface area contributed by atoms with Gasteiger partial charge < -0.3 is 29.9 Å². The number of anilines is 1. The summed E-state index contributed by atoms with van der Waals surface area (Å²) in [6.07, 6.45) is -0.614. The Morgan fingerprint density at radius 1 is 0.733 bits per heavy atom. The second-order valence-corrected chi connectivity index (χ2v) is 10.4. The lowest BCUT2D eigenvalue weighted by atomic mass is 9.97. The first kappa shape index (κ1) is 30.8. The Morgan fingerprint density at radius 3 is 1.96 bits per heavy atom. The van der Waals surface area contributed by atoms with Gasteiger partial charge in [-0.05, 0) is 47.7 Å². The number of hydrogen-bond donors (Lipinski definition) is 4. The van der Waals surface area contributed by atoms with Crippen LogP contribution < -0.4 is 10.1 Å². The molecule has 1 aromatic heterocycles. The maximum Gasteiger partial charge on any atom is 0.414 e. The minimum absolute atomic E-state index is 0.424. The van der Waals surface area contributed by atoms with Crippen molar-refractivity contribution in [3.05, 3.63) is 121 Å². The van der Waals surface area contributed by atoms with Gasteiger partial charge in [-0.3, -0.25) is 0 Å². The van der Waals surface area contributed by atoms with Gasteiger partial charge in [0, 0.05) is 28.6 Å². The van der Waals surface area contributed by atoms with Gasteiger partial charge in [0.05, 0.1) is 30.5 Å². The summed E-state index contributed by atoms with van der Waals surface area (Å²) in [6, 6.07) is 41.9. The first-order valence-corrected chi connectivity index (χ1v) is 14.6. The van der Waals surface area contributed by atoms with E-state index in [0.717, 1.165) is 33.8 Å². The van der Waals surface area contributed by atoms with E-state index in [2.05, 4.69) is 101 Å². The van der Waals surface area contributed by atoms with Gasteiger partial charge in [-0.25, -0.2) is 9.59 Å². The molecule has 0 fully saturated rings. The lowest BCUT2D eigenvalue weighted by Gasteiger charge is -2.19. The van der Waals surface area contributed by atoms with Crippen LogP contribution in [-0.4, -0.2) is 51.1 Å². The van der Waals surface area contributed by atoms with Crippen LogP contribution in [0.15, 0.2) is 121 Å². The zero-order valence-electron chi connectivity index (χ0n) is 24.8. The van der Waals surface area contributed by atoms with Crippen molar-refractivity contribution in [2.45, 2.75) is 19.6 Å². The number of hydrogen-bond acceptors (Lipinski definition) is 5. The topological polar surface area (TPSA) is 121 Å². The number of rotatable bonds is 9. The van der Waals surface area contributed by atoms with E-state index in [-0.39, 0.29) is 0 Å². The maximum absolute atomic E-state index is 11.4. The second-order valence-electron chi connectivity index (χ2n) is 10.4. The molecule has 45 heavy (non-hydrogen) atoms. The summed E-state index contributed by atoms with van der Waals surface area (Å²) in [7, 11) is 0. The summed E-state index contributed by atoms with van der Waals surface area (Å²) in [5.41, 5.74) is 6.70. The highest BCUT2D eigenvalue weighted by Crippen LogP contribution is 2.43. The van der Waals surface area contributed by atoms with E-state index >= 15 is 0 Å². The molecule has 8 heteroatoms. The maximum atomic E-state index is 11.4. The molecule has 0 saturated carbocycles. The van der Waals surface area contributed by atoms with Gasteiger partial charge in [0.25, 0.3) is 0 Å². The van der Waals surface area contributed by atoms with Crippen molar-refractivity contribution in [2.75, 3.05) is 18.5 Å². The van der Waals surface area contributed by atoms with Crippen LogP contribution in [0.1, 0.15) is 6.92 Å². The number of nitrogens with zero attached hydrogens (tertiary/aromatic N) is 1. The number of aliphatic carboxylic acids is 2. The second kappa shape index (κ2) is 14.2. The molecule has 0 aliphatic carbocycles. The van der Waals surface area contributed by atoms with Crippen LogP contribution in [0.25, 0.3) is 44.1 Å². The molecular weight excluding hydrogens is 568 g/mol. The molecule has 6 rings (SSSR count). The molecule has 0 aliphatic rings. The van der Waals surface area contributed by atoms with Gasteiger partial charge in [0.15, 0.2) is 0 Å². The van der Waals surface area contributed by atoms with Crippen LogP contribution in [0.2, 0.25) is 0 Å². The summed E-state index contributed by atoms with van der Waals surface area (Å²) >= 11 is 0. The van der Waals surface area contributed by atoms with Crippen molar-refractivity contribution in [2.24, 2.45) is 0 Å². The highest BCUT2D eigenvalue weighted by molar-refractivity contribution is 6.27. The first-order chi connectivity index (χ1) is 21.9. The zero-order chi connectivity index (χ0) is 31.8. The van der Waals surface area contributed by atoms with Gasteiger partial charge in [0.1, 0.15) is 5.75 Å². The van der Waals surface area contributed by atoms with E-state index in [4.69, 9.17) is 24.5 Å². The van der Waals surface area contributed by atoms with Crippen molar-refractivity contribution < 1.29 is 29.6 Å². The summed E-state index contributed by atoms with van der Waals surface area (Å²) < 4.78 is 7.87. The number of aromatic nitrogens is 1. The normalized spacial score (nSPS) is 11.4. The number of benzene rings is 5. The standard InChI is InChI=1S/C35H32N2O2.C2H2O4/c1-2-39-30-20-18-28(19-21-30)36-23-29(38)24-37-34(27-14-7-4-8-15-27)33(26-12-5-3-6-13-26)32-22-17-25-11-9-10-16-31(25)35(32)37;3-1(4)2(5)6/h3-22,29,36,38H,2,23-24H2,1H3;(H,3,4)(H,5,6). The van der Waals surface area contributed by atoms with Gasteiger partial charge in [-0.1, -0.05) is 97.1 Å². The molecule has 6 aromatic rings. The summed E-state index contributed by atoms with van der Waals surface area (Å²) in [6.45, 7) is 3.49. The summed E-state index contributed by atoms with van der Waals surface area (Å²) in [5.74, 6) is -2.81. The van der Waals surface area contributed by atoms with Crippen LogP contribution in [0.5, 0.6) is 5.75 Å². The highest BCUT2D eigenvalue weighted by Gasteiger charge is 2.23.